The summed E-state index contributed by atoms with van der Waals surface area (Å²) < 4.78 is 0. The van der Waals surface area contributed by atoms with Crippen molar-refractivity contribution in [3.8, 4) is 0 Å². The maximum atomic E-state index is 4.16. The molecule has 1 rings (SSSR count). The summed E-state index contributed by atoms with van der Waals surface area (Å²) in [6.45, 7) is 7.00. The SMILES string of the molecule is C=N/C=N\c1nc(C)cnc1C. The second-order valence-electron chi connectivity index (χ2n) is 2.35. The summed E-state index contributed by atoms with van der Waals surface area (Å²) in [5.41, 5.74) is 1.64. The van der Waals surface area contributed by atoms with Crippen LogP contribution in [0.2, 0.25) is 0 Å². The molecule has 12 heavy (non-hydrogen) atoms. The minimum atomic E-state index is 0.599. The van der Waals surface area contributed by atoms with Gasteiger partial charge in [-0.3, -0.25) is 9.98 Å². The highest BCUT2D eigenvalue weighted by Crippen LogP contribution is 2.11. The fourth-order valence-corrected chi connectivity index (χ4v) is 0.743. The van der Waals surface area contributed by atoms with E-state index < -0.39 is 0 Å². The summed E-state index contributed by atoms with van der Waals surface area (Å²) in [5.74, 6) is 0.599. The summed E-state index contributed by atoms with van der Waals surface area (Å²) in [7, 11) is 0. The number of aromatic nitrogens is 2. The zero-order valence-electron chi connectivity index (χ0n) is 7.15. The number of nitrogens with zero attached hydrogens (tertiary/aromatic N) is 4. The second kappa shape index (κ2) is 3.71. The largest absolute Gasteiger partial charge is 0.256 e. The van der Waals surface area contributed by atoms with E-state index in [2.05, 4.69) is 26.7 Å². The molecule has 0 N–H and O–H groups in total. The highest BCUT2D eigenvalue weighted by molar-refractivity contribution is 5.65. The van der Waals surface area contributed by atoms with Crippen LogP contribution in [0.4, 0.5) is 5.82 Å². The second-order valence-corrected chi connectivity index (χ2v) is 2.35. The maximum Gasteiger partial charge on any atom is 0.175 e. The van der Waals surface area contributed by atoms with Crippen molar-refractivity contribution in [3.63, 3.8) is 0 Å². The van der Waals surface area contributed by atoms with Crippen LogP contribution in [0.15, 0.2) is 16.2 Å². The van der Waals surface area contributed by atoms with Crippen molar-refractivity contribution in [3.05, 3.63) is 17.6 Å². The molecule has 0 atom stereocenters. The lowest BCUT2D eigenvalue weighted by Crippen LogP contribution is -1.88. The van der Waals surface area contributed by atoms with Gasteiger partial charge in [0.1, 0.15) is 6.34 Å². The molecule has 0 aliphatic heterocycles. The lowest BCUT2D eigenvalue weighted by Gasteiger charge is -1.97. The molecule has 0 bridgehead atoms. The van der Waals surface area contributed by atoms with Gasteiger partial charge in [-0.2, -0.15) is 0 Å². The molecule has 0 spiro atoms. The molecule has 4 heteroatoms. The molecule has 0 aliphatic rings. The summed E-state index contributed by atoms with van der Waals surface area (Å²) in [6.07, 6.45) is 3.06. The minimum Gasteiger partial charge on any atom is -0.256 e. The number of aliphatic imine (C=N–C) groups is 2. The molecule has 4 nitrogen and oxygen atoms in total. The van der Waals surface area contributed by atoms with E-state index in [1.807, 2.05) is 13.8 Å². The summed E-state index contributed by atoms with van der Waals surface area (Å²) in [6, 6.07) is 0. The Bertz CT molecular complexity index is 317. The molecule has 1 heterocycles. The van der Waals surface area contributed by atoms with Gasteiger partial charge in [-0.05, 0) is 20.6 Å². The molecule has 62 valence electrons. The lowest BCUT2D eigenvalue weighted by molar-refractivity contribution is 1.05. The molecule has 0 unspecified atom stereocenters. The number of rotatable bonds is 2. The first-order valence-electron chi connectivity index (χ1n) is 3.52. The standard InChI is InChI=1S/C8H10N4/c1-6-4-10-7(2)8(12-6)11-5-9-3/h4-5H,3H2,1-2H3/b11-5-. The van der Waals surface area contributed by atoms with Crippen molar-refractivity contribution >= 4 is 18.9 Å². The molecular weight excluding hydrogens is 152 g/mol. The molecule has 0 fully saturated rings. The van der Waals surface area contributed by atoms with E-state index >= 15 is 0 Å². The molecule has 0 amide bonds. The number of aryl methyl sites for hydroxylation is 2. The highest BCUT2D eigenvalue weighted by atomic mass is 15.0. The van der Waals surface area contributed by atoms with Crippen molar-refractivity contribution in [2.75, 3.05) is 0 Å². The van der Waals surface area contributed by atoms with Crippen molar-refractivity contribution in [2.45, 2.75) is 13.8 Å². The first kappa shape index (κ1) is 8.52. The van der Waals surface area contributed by atoms with Gasteiger partial charge in [0.25, 0.3) is 0 Å². The summed E-state index contributed by atoms with van der Waals surface area (Å²) in [5, 5.41) is 0. The first-order valence-corrected chi connectivity index (χ1v) is 3.52. The van der Waals surface area contributed by atoms with Crippen LogP contribution in [0, 0.1) is 13.8 Å². The van der Waals surface area contributed by atoms with Crippen molar-refractivity contribution in [1.82, 2.24) is 9.97 Å². The zero-order valence-corrected chi connectivity index (χ0v) is 7.15. The lowest BCUT2D eigenvalue weighted by atomic mass is 10.4. The van der Waals surface area contributed by atoms with Gasteiger partial charge in [-0.1, -0.05) is 0 Å². The Hall–Kier alpha value is -1.58. The third-order valence-electron chi connectivity index (χ3n) is 1.31. The fourth-order valence-electron chi connectivity index (χ4n) is 0.743. The average Bonchev–Trinajstić information content (AvgIpc) is 2.07. The molecule has 0 aliphatic carbocycles. The Morgan fingerprint density at radius 2 is 2.25 bits per heavy atom. The Labute approximate surface area is 71.1 Å². The topological polar surface area (TPSA) is 50.5 Å². The van der Waals surface area contributed by atoms with E-state index in [0.29, 0.717) is 5.82 Å². The smallest absolute Gasteiger partial charge is 0.175 e. The van der Waals surface area contributed by atoms with Crippen molar-refractivity contribution < 1.29 is 0 Å². The highest BCUT2D eigenvalue weighted by Gasteiger charge is 1.97. The van der Waals surface area contributed by atoms with Crippen LogP contribution in [0.3, 0.4) is 0 Å². The first-order chi connectivity index (χ1) is 5.74. The normalized spacial score (nSPS) is 10.5. The third-order valence-corrected chi connectivity index (χ3v) is 1.31. The van der Waals surface area contributed by atoms with Gasteiger partial charge in [0.05, 0.1) is 11.4 Å². The van der Waals surface area contributed by atoms with Crippen LogP contribution >= 0.6 is 0 Å². The third kappa shape index (κ3) is 1.95. The van der Waals surface area contributed by atoms with Crippen LogP contribution in [0.1, 0.15) is 11.4 Å². The molecule has 1 aromatic heterocycles. The number of hydrogen-bond acceptors (Lipinski definition) is 3. The van der Waals surface area contributed by atoms with Gasteiger partial charge in [-0.25, -0.2) is 9.98 Å². The Morgan fingerprint density at radius 3 is 2.92 bits per heavy atom. The van der Waals surface area contributed by atoms with Gasteiger partial charge >= 0.3 is 0 Å². The maximum absolute atomic E-state index is 4.16. The van der Waals surface area contributed by atoms with Crippen LogP contribution in [-0.4, -0.2) is 23.0 Å². The van der Waals surface area contributed by atoms with Crippen LogP contribution in [0.5, 0.6) is 0 Å². The summed E-state index contributed by atoms with van der Waals surface area (Å²) in [4.78, 5) is 15.7. The molecular formula is C8H10N4. The fraction of sp³-hybridized carbons (Fsp3) is 0.250. The Balaban J connectivity index is 3.04. The van der Waals surface area contributed by atoms with E-state index in [-0.39, 0.29) is 0 Å². The molecule has 0 radical (unpaired) electrons. The van der Waals surface area contributed by atoms with Crippen molar-refractivity contribution in [1.29, 1.82) is 0 Å². The predicted molar refractivity (Wildman–Crippen MR) is 49.2 cm³/mol. The molecule has 1 aromatic rings. The van der Waals surface area contributed by atoms with Crippen LogP contribution in [0.25, 0.3) is 0 Å². The van der Waals surface area contributed by atoms with Crippen LogP contribution < -0.4 is 0 Å². The minimum absolute atomic E-state index is 0.599. The van der Waals surface area contributed by atoms with E-state index in [4.69, 9.17) is 0 Å². The Kier molecular flexibility index (Phi) is 2.63. The summed E-state index contributed by atoms with van der Waals surface area (Å²) >= 11 is 0. The van der Waals surface area contributed by atoms with Gasteiger partial charge in [0.2, 0.25) is 0 Å². The number of hydrogen-bond donors (Lipinski definition) is 0. The quantitative estimate of drug-likeness (QED) is 0.488. The van der Waals surface area contributed by atoms with E-state index in [1.165, 1.54) is 6.34 Å². The van der Waals surface area contributed by atoms with Gasteiger partial charge in [-0.15, -0.1) is 0 Å². The van der Waals surface area contributed by atoms with E-state index in [1.54, 1.807) is 6.20 Å². The van der Waals surface area contributed by atoms with Crippen LogP contribution in [-0.2, 0) is 0 Å². The van der Waals surface area contributed by atoms with Gasteiger partial charge in [0.15, 0.2) is 5.82 Å². The molecule has 0 saturated carbocycles. The average molecular weight is 162 g/mol. The monoisotopic (exact) mass is 162 g/mol. The van der Waals surface area contributed by atoms with E-state index in [9.17, 15) is 0 Å². The van der Waals surface area contributed by atoms with Gasteiger partial charge in [0, 0.05) is 6.20 Å². The van der Waals surface area contributed by atoms with Gasteiger partial charge < -0.3 is 0 Å². The molecule has 0 aromatic carbocycles. The molecule has 0 saturated heterocycles. The van der Waals surface area contributed by atoms with Crippen molar-refractivity contribution in [2.24, 2.45) is 9.98 Å². The zero-order chi connectivity index (χ0) is 8.97. The Morgan fingerprint density at radius 1 is 1.50 bits per heavy atom. The predicted octanol–water partition coefficient (Wildman–Crippen LogP) is 1.45. The van der Waals surface area contributed by atoms with E-state index in [0.717, 1.165) is 11.4 Å².